The van der Waals surface area contributed by atoms with Crippen molar-refractivity contribution in [2.75, 3.05) is 4.90 Å². The number of aryl methyl sites for hydroxylation is 1. The van der Waals surface area contributed by atoms with Crippen LogP contribution in [-0.2, 0) is 19.5 Å². The number of fused-ring (bicyclic) bond motifs is 1. The maximum Gasteiger partial charge on any atom is 0.147 e. The van der Waals surface area contributed by atoms with E-state index < -0.39 is 0 Å². The number of benzene rings is 1. The van der Waals surface area contributed by atoms with Crippen molar-refractivity contribution in [1.82, 2.24) is 4.98 Å². The number of anilines is 1. The fourth-order valence-corrected chi connectivity index (χ4v) is 2.55. The summed E-state index contributed by atoms with van der Waals surface area (Å²) < 4.78 is 0. The van der Waals surface area contributed by atoms with Gasteiger partial charge in [0.1, 0.15) is 11.9 Å². The fourth-order valence-electron chi connectivity index (χ4n) is 2.55. The van der Waals surface area contributed by atoms with Crippen LogP contribution >= 0.6 is 0 Å². The van der Waals surface area contributed by atoms with Gasteiger partial charge in [-0.1, -0.05) is 25.1 Å². The van der Waals surface area contributed by atoms with E-state index in [1.165, 1.54) is 16.7 Å². The van der Waals surface area contributed by atoms with Crippen LogP contribution < -0.4 is 4.90 Å². The number of aromatic nitrogens is 1. The average molecular weight is 249 g/mol. The van der Waals surface area contributed by atoms with Crippen LogP contribution in [0.2, 0.25) is 0 Å². The number of hydrogen-bond donors (Lipinski definition) is 0. The molecule has 0 saturated carbocycles. The Hall–Kier alpha value is -2.34. The molecule has 3 nitrogen and oxygen atoms in total. The first-order valence-electron chi connectivity index (χ1n) is 6.52. The molecule has 0 amide bonds. The topological polar surface area (TPSA) is 39.9 Å². The Kier molecular flexibility index (Phi) is 2.92. The zero-order chi connectivity index (χ0) is 13.2. The van der Waals surface area contributed by atoms with Crippen LogP contribution in [0, 0.1) is 11.3 Å². The zero-order valence-corrected chi connectivity index (χ0v) is 10.9. The highest BCUT2D eigenvalue weighted by atomic mass is 15.2. The molecule has 2 heterocycles. The Morgan fingerprint density at radius 3 is 2.89 bits per heavy atom. The molecule has 0 fully saturated rings. The Bertz CT molecular complexity index is 655. The van der Waals surface area contributed by atoms with Gasteiger partial charge in [-0.3, -0.25) is 0 Å². The molecule has 0 bridgehead atoms. The molecule has 0 unspecified atom stereocenters. The van der Waals surface area contributed by atoms with Crippen molar-refractivity contribution in [3.8, 4) is 6.07 Å². The van der Waals surface area contributed by atoms with Crippen molar-refractivity contribution in [2.45, 2.75) is 26.4 Å². The second-order valence-electron chi connectivity index (χ2n) is 4.80. The van der Waals surface area contributed by atoms with Gasteiger partial charge < -0.3 is 4.90 Å². The lowest BCUT2D eigenvalue weighted by Crippen LogP contribution is -2.17. The standard InChI is InChI=1S/C16H15N3/c1-2-12-5-6-14-10-19(11-15(14)8-12)16-13(9-17)4-3-7-18-16/h3-8H,2,10-11H2,1H3. The molecule has 0 N–H and O–H groups in total. The highest BCUT2D eigenvalue weighted by Crippen LogP contribution is 2.29. The Morgan fingerprint density at radius 2 is 2.11 bits per heavy atom. The largest absolute Gasteiger partial charge is 0.347 e. The van der Waals surface area contributed by atoms with E-state index in [1.54, 1.807) is 12.3 Å². The van der Waals surface area contributed by atoms with Crippen LogP contribution in [0.25, 0.3) is 0 Å². The van der Waals surface area contributed by atoms with E-state index >= 15 is 0 Å². The van der Waals surface area contributed by atoms with Crippen molar-refractivity contribution in [3.05, 3.63) is 58.8 Å². The van der Waals surface area contributed by atoms with Gasteiger partial charge in [0.2, 0.25) is 0 Å². The minimum atomic E-state index is 0.644. The van der Waals surface area contributed by atoms with Crippen LogP contribution in [-0.4, -0.2) is 4.98 Å². The molecule has 3 heteroatoms. The van der Waals surface area contributed by atoms with Gasteiger partial charge in [0, 0.05) is 19.3 Å². The molecule has 19 heavy (non-hydrogen) atoms. The molecule has 1 aliphatic heterocycles. The number of hydrogen-bond acceptors (Lipinski definition) is 3. The van der Waals surface area contributed by atoms with Crippen LogP contribution in [0.1, 0.15) is 29.2 Å². The summed E-state index contributed by atoms with van der Waals surface area (Å²) in [6.07, 6.45) is 2.80. The Balaban J connectivity index is 1.93. The van der Waals surface area contributed by atoms with Crippen molar-refractivity contribution in [3.63, 3.8) is 0 Å². The van der Waals surface area contributed by atoms with Gasteiger partial charge in [-0.25, -0.2) is 4.98 Å². The predicted octanol–water partition coefficient (Wildman–Crippen LogP) is 3.04. The lowest BCUT2D eigenvalue weighted by Gasteiger charge is -2.17. The van der Waals surface area contributed by atoms with Crippen molar-refractivity contribution in [2.24, 2.45) is 0 Å². The first-order valence-corrected chi connectivity index (χ1v) is 6.52. The second kappa shape index (κ2) is 4.74. The number of nitriles is 1. The molecule has 94 valence electrons. The van der Waals surface area contributed by atoms with E-state index in [0.29, 0.717) is 5.56 Å². The Morgan fingerprint density at radius 1 is 1.26 bits per heavy atom. The maximum absolute atomic E-state index is 9.16. The first kappa shape index (κ1) is 11.7. The molecule has 2 aromatic rings. The summed E-state index contributed by atoms with van der Waals surface area (Å²) in [7, 11) is 0. The molecule has 1 aromatic heterocycles. The van der Waals surface area contributed by atoms with Gasteiger partial charge in [-0.2, -0.15) is 5.26 Å². The normalized spacial score (nSPS) is 13.2. The number of pyridine rings is 1. The summed E-state index contributed by atoms with van der Waals surface area (Å²) in [4.78, 5) is 6.53. The summed E-state index contributed by atoms with van der Waals surface area (Å²) in [5.74, 6) is 0.791. The highest BCUT2D eigenvalue weighted by Gasteiger charge is 2.22. The van der Waals surface area contributed by atoms with Gasteiger partial charge in [0.25, 0.3) is 0 Å². The lowest BCUT2D eigenvalue weighted by atomic mass is 10.1. The van der Waals surface area contributed by atoms with E-state index in [1.807, 2.05) is 6.07 Å². The Labute approximate surface area is 113 Å². The second-order valence-corrected chi connectivity index (χ2v) is 4.80. The summed E-state index contributed by atoms with van der Waals surface area (Å²) in [5, 5.41) is 9.16. The summed E-state index contributed by atoms with van der Waals surface area (Å²) in [5.41, 5.74) is 4.70. The lowest BCUT2D eigenvalue weighted by molar-refractivity contribution is 0.854. The summed E-state index contributed by atoms with van der Waals surface area (Å²) >= 11 is 0. The quantitative estimate of drug-likeness (QED) is 0.821. The monoisotopic (exact) mass is 249 g/mol. The number of rotatable bonds is 2. The molecule has 1 aromatic carbocycles. The number of nitrogens with zero attached hydrogens (tertiary/aromatic N) is 3. The van der Waals surface area contributed by atoms with Crippen LogP contribution in [0.5, 0.6) is 0 Å². The van der Waals surface area contributed by atoms with E-state index in [0.717, 1.165) is 25.3 Å². The minimum absolute atomic E-state index is 0.644. The van der Waals surface area contributed by atoms with E-state index in [9.17, 15) is 0 Å². The van der Waals surface area contributed by atoms with Crippen molar-refractivity contribution < 1.29 is 0 Å². The molecule has 3 rings (SSSR count). The molecule has 0 radical (unpaired) electrons. The SMILES string of the molecule is CCc1ccc2c(c1)CN(c1ncccc1C#N)C2. The van der Waals surface area contributed by atoms with Gasteiger partial charge >= 0.3 is 0 Å². The van der Waals surface area contributed by atoms with Crippen molar-refractivity contribution in [1.29, 1.82) is 5.26 Å². The molecular formula is C16H15N3. The molecule has 0 spiro atoms. The first-order chi connectivity index (χ1) is 9.31. The maximum atomic E-state index is 9.16. The third kappa shape index (κ3) is 2.06. The van der Waals surface area contributed by atoms with Crippen LogP contribution in [0.3, 0.4) is 0 Å². The van der Waals surface area contributed by atoms with E-state index in [4.69, 9.17) is 5.26 Å². The van der Waals surface area contributed by atoms with Crippen molar-refractivity contribution >= 4 is 5.82 Å². The summed E-state index contributed by atoms with van der Waals surface area (Å²) in [6, 6.07) is 12.5. The van der Waals surface area contributed by atoms with Gasteiger partial charge in [0.05, 0.1) is 5.56 Å². The molecule has 0 saturated heterocycles. The van der Waals surface area contributed by atoms with E-state index in [2.05, 4.69) is 41.1 Å². The molecule has 0 atom stereocenters. The third-order valence-electron chi connectivity index (χ3n) is 3.61. The summed E-state index contributed by atoms with van der Waals surface area (Å²) in [6.45, 7) is 3.85. The average Bonchev–Trinajstić information content (AvgIpc) is 2.89. The van der Waals surface area contributed by atoms with Gasteiger partial charge in [-0.05, 0) is 35.2 Å². The zero-order valence-electron chi connectivity index (χ0n) is 10.9. The predicted molar refractivity (Wildman–Crippen MR) is 74.7 cm³/mol. The van der Waals surface area contributed by atoms with Crippen LogP contribution in [0.4, 0.5) is 5.82 Å². The minimum Gasteiger partial charge on any atom is -0.347 e. The highest BCUT2D eigenvalue weighted by molar-refractivity contribution is 5.56. The van der Waals surface area contributed by atoms with Gasteiger partial charge in [0.15, 0.2) is 0 Å². The molecular weight excluding hydrogens is 234 g/mol. The molecule has 0 aliphatic carbocycles. The van der Waals surface area contributed by atoms with Crippen LogP contribution in [0.15, 0.2) is 36.5 Å². The smallest absolute Gasteiger partial charge is 0.147 e. The van der Waals surface area contributed by atoms with E-state index in [-0.39, 0.29) is 0 Å². The fraction of sp³-hybridized carbons (Fsp3) is 0.250. The van der Waals surface area contributed by atoms with Gasteiger partial charge in [-0.15, -0.1) is 0 Å². The molecule has 1 aliphatic rings. The third-order valence-corrected chi connectivity index (χ3v) is 3.61.